The monoisotopic (exact) mass is 432 g/mol. The number of fused-ring (bicyclic) bond motifs is 1. The highest BCUT2D eigenvalue weighted by atomic mass is 79.9. The van der Waals surface area contributed by atoms with Gasteiger partial charge in [0.05, 0.1) is 11.1 Å². The molecule has 1 aliphatic heterocycles. The van der Waals surface area contributed by atoms with Crippen LogP contribution in [0.2, 0.25) is 0 Å². The number of hydrogen-bond donors (Lipinski definition) is 0. The predicted octanol–water partition coefficient (Wildman–Crippen LogP) is 3.54. The van der Waals surface area contributed by atoms with Gasteiger partial charge in [0.15, 0.2) is 0 Å². The van der Waals surface area contributed by atoms with E-state index in [1.165, 1.54) is 11.0 Å². The third-order valence-electron chi connectivity index (χ3n) is 4.52. The van der Waals surface area contributed by atoms with E-state index >= 15 is 0 Å². The summed E-state index contributed by atoms with van der Waals surface area (Å²) < 4.78 is 14.6. The van der Waals surface area contributed by atoms with Crippen LogP contribution in [0.1, 0.15) is 38.3 Å². The van der Waals surface area contributed by atoms with E-state index in [1.807, 2.05) is 6.92 Å². The molecule has 0 unspecified atom stereocenters. The molecular weight excluding hydrogens is 415 g/mol. The molecule has 0 N–H and O–H groups in total. The molecule has 2 aromatic rings. The van der Waals surface area contributed by atoms with Gasteiger partial charge < -0.3 is 4.90 Å². The molecule has 0 saturated heterocycles. The largest absolute Gasteiger partial charge is 0.341 e. The Labute approximate surface area is 164 Å². The molecule has 27 heavy (non-hydrogen) atoms. The molecular formula is C20H18BrFN2O3. The quantitative estimate of drug-likeness (QED) is 0.678. The fourth-order valence-electron chi connectivity index (χ4n) is 3.01. The number of halogens is 2. The molecule has 0 fully saturated rings. The second-order valence-electron chi connectivity index (χ2n) is 6.55. The summed E-state index contributed by atoms with van der Waals surface area (Å²) >= 11 is 3.28. The van der Waals surface area contributed by atoms with Crippen molar-refractivity contribution in [3.8, 4) is 0 Å². The maximum Gasteiger partial charge on any atom is 0.261 e. The van der Waals surface area contributed by atoms with Gasteiger partial charge in [0.2, 0.25) is 5.91 Å². The smallest absolute Gasteiger partial charge is 0.261 e. The van der Waals surface area contributed by atoms with Crippen LogP contribution in [0.4, 0.5) is 4.39 Å². The lowest BCUT2D eigenvalue weighted by atomic mass is 10.1. The standard InChI is InChI=1S/C20H18BrFN2O3/c1-12-3-5-15-16(9-12)20(27)24(19(15)26)8-7-18(25)23(2)11-13-10-14(21)4-6-17(13)22/h3-6,9-10H,7-8,11H2,1-2H3. The van der Waals surface area contributed by atoms with Crippen LogP contribution in [0.15, 0.2) is 40.9 Å². The maximum absolute atomic E-state index is 13.9. The minimum Gasteiger partial charge on any atom is -0.341 e. The first-order chi connectivity index (χ1) is 12.8. The Morgan fingerprint density at radius 1 is 1.11 bits per heavy atom. The number of nitrogens with zero attached hydrogens (tertiary/aromatic N) is 2. The second-order valence-corrected chi connectivity index (χ2v) is 7.46. The number of carbonyl (C=O) groups is 3. The van der Waals surface area contributed by atoms with Crippen molar-refractivity contribution >= 4 is 33.7 Å². The van der Waals surface area contributed by atoms with Crippen molar-refractivity contribution in [3.05, 3.63) is 68.9 Å². The lowest BCUT2D eigenvalue weighted by Gasteiger charge is -2.20. The fourth-order valence-corrected chi connectivity index (χ4v) is 3.42. The van der Waals surface area contributed by atoms with Crippen LogP contribution in [0.25, 0.3) is 0 Å². The van der Waals surface area contributed by atoms with Crippen molar-refractivity contribution in [3.63, 3.8) is 0 Å². The van der Waals surface area contributed by atoms with Crippen molar-refractivity contribution in [2.24, 2.45) is 0 Å². The van der Waals surface area contributed by atoms with Gasteiger partial charge in [0, 0.05) is 36.6 Å². The molecule has 140 valence electrons. The summed E-state index contributed by atoms with van der Waals surface area (Å²) in [6.45, 7) is 1.95. The summed E-state index contributed by atoms with van der Waals surface area (Å²) in [6.07, 6.45) is -0.0173. The summed E-state index contributed by atoms with van der Waals surface area (Å²) in [5.41, 5.74) is 2.01. The molecule has 3 rings (SSSR count). The van der Waals surface area contributed by atoms with Gasteiger partial charge in [-0.05, 0) is 37.3 Å². The topological polar surface area (TPSA) is 57.7 Å². The Morgan fingerprint density at radius 3 is 2.56 bits per heavy atom. The van der Waals surface area contributed by atoms with E-state index in [-0.39, 0.29) is 37.2 Å². The third-order valence-corrected chi connectivity index (χ3v) is 5.01. The van der Waals surface area contributed by atoms with Crippen molar-refractivity contribution in [1.82, 2.24) is 9.80 Å². The van der Waals surface area contributed by atoms with Crippen LogP contribution in [-0.4, -0.2) is 41.1 Å². The summed E-state index contributed by atoms with van der Waals surface area (Å²) in [5.74, 6) is -1.44. The Kier molecular flexibility index (Phi) is 5.41. The number of carbonyl (C=O) groups excluding carboxylic acids is 3. The normalized spacial score (nSPS) is 13.1. The van der Waals surface area contributed by atoms with E-state index in [4.69, 9.17) is 0 Å². The van der Waals surface area contributed by atoms with Crippen LogP contribution in [0, 0.1) is 12.7 Å². The molecule has 7 heteroatoms. The molecule has 0 spiro atoms. The molecule has 3 amide bonds. The SMILES string of the molecule is Cc1ccc2c(c1)C(=O)N(CCC(=O)N(C)Cc1cc(Br)ccc1F)C2=O. The number of imide groups is 1. The Balaban J connectivity index is 1.63. The van der Waals surface area contributed by atoms with E-state index in [2.05, 4.69) is 15.9 Å². The van der Waals surface area contributed by atoms with Crippen molar-refractivity contribution in [2.45, 2.75) is 19.9 Å². The third kappa shape index (κ3) is 3.93. The summed E-state index contributed by atoms with van der Waals surface area (Å²) in [6, 6.07) is 9.63. The zero-order valence-corrected chi connectivity index (χ0v) is 16.5. The van der Waals surface area contributed by atoms with Gasteiger partial charge in [-0.15, -0.1) is 0 Å². The van der Waals surface area contributed by atoms with Gasteiger partial charge in [-0.2, -0.15) is 0 Å². The predicted molar refractivity (Wildman–Crippen MR) is 102 cm³/mol. The summed E-state index contributed by atoms with van der Waals surface area (Å²) in [4.78, 5) is 39.7. The van der Waals surface area contributed by atoms with Crippen molar-refractivity contribution in [1.29, 1.82) is 0 Å². The lowest BCUT2D eigenvalue weighted by molar-refractivity contribution is -0.130. The van der Waals surface area contributed by atoms with Crippen molar-refractivity contribution < 1.29 is 18.8 Å². The number of aryl methyl sites for hydroxylation is 1. The molecule has 1 aliphatic rings. The first-order valence-electron chi connectivity index (χ1n) is 8.42. The molecule has 0 saturated carbocycles. The number of benzene rings is 2. The zero-order valence-electron chi connectivity index (χ0n) is 15.0. The molecule has 0 radical (unpaired) electrons. The van der Waals surface area contributed by atoms with Crippen LogP contribution < -0.4 is 0 Å². The molecule has 2 aromatic carbocycles. The van der Waals surface area contributed by atoms with Crippen LogP contribution in [0.5, 0.6) is 0 Å². The summed E-state index contributed by atoms with van der Waals surface area (Å²) in [5, 5.41) is 0. The molecule has 1 heterocycles. The van der Waals surface area contributed by atoms with Crippen molar-refractivity contribution in [2.75, 3.05) is 13.6 Å². The Morgan fingerprint density at radius 2 is 1.81 bits per heavy atom. The van der Waals surface area contributed by atoms with Gasteiger partial charge in [-0.3, -0.25) is 19.3 Å². The molecule has 0 bridgehead atoms. The molecule has 0 atom stereocenters. The first-order valence-corrected chi connectivity index (χ1v) is 9.22. The lowest BCUT2D eigenvalue weighted by Crippen LogP contribution is -2.35. The minimum atomic E-state index is -0.395. The Bertz CT molecular complexity index is 945. The number of hydrogen-bond acceptors (Lipinski definition) is 3. The van der Waals surface area contributed by atoms with Gasteiger partial charge in [-0.25, -0.2) is 4.39 Å². The molecule has 0 aromatic heterocycles. The molecule has 0 aliphatic carbocycles. The highest BCUT2D eigenvalue weighted by Crippen LogP contribution is 2.24. The van der Waals surface area contributed by atoms with Gasteiger partial charge in [-0.1, -0.05) is 27.6 Å². The molecule has 5 nitrogen and oxygen atoms in total. The Hall–Kier alpha value is -2.54. The number of rotatable bonds is 5. The average molecular weight is 433 g/mol. The van der Waals surface area contributed by atoms with Crippen LogP contribution in [0.3, 0.4) is 0 Å². The fraction of sp³-hybridized carbons (Fsp3) is 0.250. The second kappa shape index (κ2) is 7.60. The van der Waals surface area contributed by atoms with E-state index in [1.54, 1.807) is 37.4 Å². The van der Waals surface area contributed by atoms with E-state index in [9.17, 15) is 18.8 Å². The average Bonchev–Trinajstić information content (AvgIpc) is 2.86. The van der Waals surface area contributed by atoms with E-state index in [0.29, 0.717) is 16.7 Å². The minimum absolute atomic E-state index is 0.00443. The summed E-state index contributed by atoms with van der Waals surface area (Å²) in [7, 11) is 1.56. The van der Waals surface area contributed by atoms with E-state index in [0.717, 1.165) is 14.9 Å². The zero-order chi connectivity index (χ0) is 19.7. The van der Waals surface area contributed by atoms with Gasteiger partial charge in [0.25, 0.3) is 11.8 Å². The maximum atomic E-state index is 13.9. The number of amides is 3. The highest BCUT2D eigenvalue weighted by molar-refractivity contribution is 9.10. The van der Waals surface area contributed by atoms with Crippen LogP contribution in [-0.2, 0) is 11.3 Å². The van der Waals surface area contributed by atoms with Crippen LogP contribution >= 0.6 is 15.9 Å². The van der Waals surface area contributed by atoms with E-state index < -0.39 is 5.82 Å². The highest BCUT2D eigenvalue weighted by Gasteiger charge is 2.35. The van der Waals surface area contributed by atoms with Gasteiger partial charge in [0.1, 0.15) is 5.82 Å². The first kappa shape index (κ1) is 19.2. The van der Waals surface area contributed by atoms with Gasteiger partial charge >= 0.3 is 0 Å².